The van der Waals surface area contributed by atoms with Crippen molar-refractivity contribution in [3.8, 4) is 0 Å². The number of nitrogens with zero attached hydrogens (tertiary/aromatic N) is 2. The van der Waals surface area contributed by atoms with E-state index in [9.17, 15) is 20.0 Å². The molecule has 3 rings (SSSR count). The van der Waals surface area contributed by atoms with E-state index in [2.05, 4.69) is 5.32 Å². The molecule has 1 aromatic carbocycles. The van der Waals surface area contributed by atoms with Crippen LogP contribution < -0.4 is 11.1 Å². The van der Waals surface area contributed by atoms with Gasteiger partial charge in [-0.1, -0.05) is 29.8 Å². The summed E-state index contributed by atoms with van der Waals surface area (Å²) in [5.74, 6) is -1.11. The largest absolute Gasteiger partial charge is 0.784 e. The van der Waals surface area contributed by atoms with Gasteiger partial charge in [-0.3, -0.25) is 4.79 Å². The molecule has 3 N–H and O–H groups in total. The lowest BCUT2D eigenvalue weighted by Gasteiger charge is -2.64. The van der Waals surface area contributed by atoms with E-state index >= 15 is 0 Å². The molecule has 208 valence electrons. The van der Waals surface area contributed by atoms with Crippen molar-refractivity contribution in [1.29, 1.82) is 0 Å². The number of rotatable bonds is 5. The van der Waals surface area contributed by atoms with Crippen molar-refractivity contribution < 1.29 is 14.3 Å². The van der Waals surface area contributed by atoms with Crippen LogP contribution >= 0.6 is 0 Å². The number of ether oxygens (including phenoxy) is 1. The van der Waals surface area contributed by atoms with Crippen LogP contribution in [0.5, 0.6) is 0 Å². The number of nitrogens with two attached hydrogens (primary N) is 1. The summed E-state index contributed by atoms with van der Waals surface area (Å²) in [6, 6.07) is 7.65. The zero-order valence-electron chi connectivity index (χ0n) is 23.9. The molecule has 0 aliphatic carbocycles. The molecule has 2 saturated heterocycles. The molecule has 0 atom stereocenters. The SMILES string of the molecule is Cc1ccc(COC(=O)C2(NC(=O)C3(N)CC(C)(C)N([O-])C(C)(C)C3)CC(C)(C)N([O-])C(C)(C)C2)cc1. The highest BCUT2D eigenvalue weighted by molar-refractivity contribution is 5.93. The second-order valence-corrected chi connectivity index (χ2v) is 13.8. The van der Waals surface area contributed by atoms with Crippen LogP contribution in [0, 0.1) is 17.3 Å². The Kier molecular flexibility index (Phi) is 7.42. The van der Waals surface area contributed by atoms with E-state index in [1.54, 1.807) is 55.4 Å². The number of piperidine rings is 2. The van der Waals surface area contributed by atoms with Crippen molar-refractivity contribution in [3.63, 3.8) is 0 Å². The van der Waals surface area contributed by atoms with Crippen LogP contribution in [0.3, 0.4) is 0 Å². The van der Waals surface area contributed by atoms with Gasteiger partial charge in [-0.25, -0.2) is 4.79 Å². The van der Waals surface area contributed by atoms with Crippen LogP contribution in [0.2, 0.25) is 0 Å². The maximum Gasteiger partial charge on any atom is 0.332 e. The van der Waals surface area contributed by atoms with Gasteiger partial charge < -0.3 is 36.3 Å². The Labute approximate surface area is 221 Å². The Bertz CT molecular complexity index is 996. The minimum Gasteiger partial charge on any atom is -0.784 e. The number of carbonyl (C=O) groups is 2. The summed E-state index contributed by atoms with van der Waals surface area (Å²) in [6.45, 7) is 16.1. The predicted molar refractivity (Wildman–Crippen MR) is 144 cm³/mol. The lowest BCUT2D eigenvalue weighted by molar-refractivity contribution is -0.166. The van der Waals surface area contributed by atoms with Gasteiger partial charge in [-0.05, 0) is 93.6 Å². The van der Waals surface area contributed by atoms with Crippen molar-refractivity contribution in [3.05, 3.63) is 45.8 Å². The summed E-state index contributed by atoms with van der Waals surface area (Å²) in [5, 5.41) is 31.0. The van der Waals surface area contributed by atoms with Gasteiger partial charge in [0, 0.05) is 22.2 Å². The molecule has 37 heavy (non-hydrogen) atoms. The fourth-order valence-electron chi connectivity index (χ4n) is 6.83. The molecule has 2 fully saturated rings. The molecule has 0 unspecified atom stereocenters. The monoisotopic (exact) mass is 516 g/mol. The van der Waals surface area contributed by atoms with Gasteiger partial charge in [0.2, 0.25) is 5.91 Å². The highest BCUT2D eigenvalue weighted by atomic mass is 16.5. The van der Waals surface area contributed by atoms with E-state index < -0.39 is 45.1 Å². The molecule has 0 aromatic heterocycles. The molecule has 2 aliphatic heterocycles. The standard InChI is InChI=1S/C28H44N4O5/c1-19-10-12-20(13-11-19)14-37-22(34)28(17-25(6,7)32(36)26(8,9)18-28)30-21(33)27(29)15-23(2,3)31(35)24(4,5)16-27/h10-13H,14-18,29H2,1-9H3,(H,30,33)/q-2. The summed E-state index contributed by atoms with van der Waals surface area (Å²) in [7, 11) is 0. The number of amides is 1. The van der Waals surface area contributed by atoms with Gasteiger partial charge in [0.05, 0.1) is 5.54 Å². The van der Waals surface area contributed by atoms with E-state index in [-0.39, 0.29) is 32.3 Å². The van der Waals surface area contributed by atoms with Gasteiger partial charge in [0.25, 0.3) is 0 Å². The summed E-state index contributed by atoms with van der Waals surface area (Å²) >= 11 is 0. The van der Waals surface area contributed by atoms with Gasteiger partial charge in [0.1, 0.15) is 12.1 Å². The van der Waals surface area contributed by atoms with Crippen LogP contribution in [0.1, 0.15) is 92.2 Å². The zero-order valence-corrected chi connectivity index (χ0v) is 23.9. The topological polar surface area (TPSA) is 134 Å². The molecule has 9 heteroatoms. The first-order valence-electron chi connectivity index (χ1n) is 13.0. The van der Waals surface area contributed by atoms with Crippen molar-refractivity contribution in [2.24, 2.45) is 5.73 Å². The van der Waals surface area contributed by atoms with E-state index in [4.69, 9.17) is 10.5 Å². The van der Waals surface area contributed by atoms with Gasteiger partial charge in [0.15, 0.2) is 0 Å². The van der Waals surface area contributed by atoms with Crippen molar-refractivity contribution in [2.45, 2.75) is 128 Å². The third-order valence-corrected chi connectivity index (χ3v) is 7.85. The smallest absolute Gasteiger partial charge is 0.332 e. The van der Waals surface area contributed by atoms with Gasteiger partial charge in [-0.15, -0.1) is 0 Å². The highest BCUT2D eigenvalue weighted by Gasteiger charge is 2.58. The third kappa shape index (κ3) is 5.71. The number of aryl methyl sites for hydroxylation is 1. The van der Waals surface area contributed by atoms with Crippen LogP contribution in [-0.4, -0.2) is 55.2 Å². The van der Waals surface area contributed by atoms with E-state index in [1.807, 2.05) is 31.2 Å². The molecule has 0 bridgehead atoms. The molecule has 0 spiro atoms. The number of nitrogens with one attached hydrogen (secondary N) is 1. The quantitative estimate of drug-likeness (QED) is 0.563. The van der Waals surface area contributed by atoms with Crippen molar-refractivity contribution >= 4 is 11.9 Å². The number of hydroxylamine groups is 4. The van der Waals surface area contributed by atoms with Gasteiger partial charge in [-0.2, -0.15) is 0 Å². The van der Waals surface area contributed by atoms with Crippen LogP contribution in [0.15, 0.2) is 24.3 Å². The van der Waals surface area contributed by atoms with Crippen LogP contribution in [-0.2, 0) is 20.9 Å². The highest BCUT2D eigenvalue weighted by Crippen LogP contribution is 2.46. The summed E-state index contributed by atoms with van der Waals surface area (Å²) < 4.78 is 5.78. The Hall–Kier alpha value is -2.04. The van der Waals surface area contributed by atoms with E-state index in [1.165, 1.54) is 0 Å². The van der Waals surface area contributed by atoms with E-state index in [0.29, 0.717) is 0 Å². The van der Waals surface area contributed by atoms with Crippen LogP contribution in [0.25, 0.3) is 0 Å². The molecule has 1 aromatic rings. The Morgan fingerprint density at radius 3 is 1.68 bits per heavy atom. The number of hydrogen-bond donors (Lipinski definition) is 2. The summed E-state index contributed by atoms with van der Waals surface area (Å²) in [5.41, 5.74) is 2.10. The number of benzene rings is 1. The fourth-order valence-corrected chi connectivity index (χ4v) is 6.83. The average Bonchev–Trinajstić information content (AvgIpc) is 2.74. The maximum atomic E-state index is 13.9. The molecular formula is C28H44N4O5-2. The summed E-state index contributed by atoms with van der Waals surface area (Å²) in [6.07, 6.45) is 0.353. The molecule has 0 radical (unpaired) electrons. The molecular weight excluding hydrogens is 472 g/mol. The fraction of sp³-hybridized carbons (Fsp3) is 0.714. The Balaban J connectivity index is 1.96. The second kappa shape index (κ2) is 9.31. The Morgan fingerprint density at radius 1 is 0.838 bits per heavy atom. The second-order valence-electron chi connectivity index (χ2n) is 13.8. The number of esters is 1. The molecule has 2 heterocycles. The minimum absolute atomic E-state index is 0.0393. The predicted octanol–water partition coefficient (Wildman–Crippen LogP) is 3.89. The van der Waals surface area contributed by atoms with Gasteiger partial charge >= 0.3 is 5.97 Å². The van der Waals surface area contributed by atoms with Crippen molar-refractivity contribution in [2.75, 3.05) is 0 Å². The first-order chi connectivity index (χ1) is 16.7. The molecule has 1 amide bonds. The molecule has 0 saturated carbocycles. The normalized spacial score (nSPS) is 25.7. The Morgan fingerprint density at radius 2 is 1.24 bits per heavy atom. The average molecular weight is 517 g/mol. The number of hydrogen-bond acceptors (Lipinski definition) is 8. The third-order valence-electron chi connectivity index (χ3n) is 7.85. The number of carbonyl (C=O) groups excluding carboxylic acids is 2. The molecule has 2 aliphatic rings. The summed E-state index contributed by atoms with van der Waals surface area (Å²) in [4.78, 5) is 27.8. The lowest BCUT2D eigenvalue weighted by atomic mass is 9.68. The zero-order chi connectivity index (χ0) is 28.2. The first kappa shape index (κ1) is 29.5. The first-order valence-corrected chi connectivity index (χ1v) is 13.0. The van der Waals surface area contributed by atoms with E-state index in [0.717, 1.165) is 21.3 Å². The van der Waals surface area contributed by atoms with Crippen LogP contribution in [0.4, 0.5) is 0 Å². The maximum absolute atomic E-state index is 13.9. The lowest BCUT2D eigenvalue weighted by Crippen LogP contribution is -2.75. The van der Waals surface area contributed by atoms with Crippen molar-refractivity contribution in [1.82, 2.24) is 15.4 Å². The molecule has 9 nitrogen and oxygen atoms in total. The minimum atomic E-state index is -1.47.